The van der Waals surface area contributed by atoms with E-state index < -0.39 is 5.97 Å². The van der Waals surface area contributed by atoms with E-state index in [0.717, 1.165) is 13.0 Å². The minimum Gasteiger partial charge on any atom is -0.481 e. The van der Waals surface area contributed by atoms with Crippen LogP contribution in [0.15, 0.2) is 0 Å². The van der Waals surface area contributed by atoms with Crippen molar-refractivity contribution in [3.05, 3.63) is 0 Å². The molecule has 1 aliphatic carbocycles. The van der Waals surface area contributed by atoms with Crippen LogP contribution in [0.25, 0.3) is 0 Å². The number of hydrogen-bond acceptors (Lipinski definition) is 2. The molecule has 0 aromatic rings. The largest absolute Gasteiger partial charge is 0.481 e. The minimum absolute atomic E-state index is 0.378. The Labute approximate surface area is 65.8 Å². The van der Waals surface area contributed by atoms with Crippen molar-refractivity contribution in [1.29, 1.82) is 0 Å². The second kappa shape index (κ2) is 2.48. The molecule has 1 heterocycles. The van der Waals surface area contributed by atoms with E-state index in [1.165, 1.54) is 6.42 Å². The zero-order valence-corrected chi connectivity index (χ0v) is 6.42. The Bertz CT molecular complexity index is 181. The number of aliphatic carboxylic acids is 1. The molecular weight excluding hydrogens is 142 g/mol. The molecule has 2 fully saturated rings. The molecular formula is C8H13NO2. The van der Waals surface area contributed by atoms with E-state index in [4.69, 9.17) is 5.11 Å². The number of rotatable bonds is 2. The fraction of sp³-hybridized carbons (Fsp3) is 0.875. The zero-order valence-electron chi connectivity index (χ0n) is 6.42. The van der Waals surface area contributed by atoms with E-state index in [9.17, 15) is 4.79 Å². The van der Waals surface area contributed by atoms with E-state index in [1.807, 2.05) is 0 Å². The molecule has 0 bridgehead atoms. The summed E-state index contributed by atoms with van der Waals surface area (Å²) in [7, 11) is 0. The summed E-state index contributed by atoms with van der Waals surface area (Å²) < 4.78 is 0. The van der Waals surface area contributed by atoms with Crippen LogP contribution in [0.3, 0.4) is 0 Å². The maximum absolute atomic E-state index is 10.4. The third kappa shape index (κ3) is 1.13. The van der Waals surface area contributed by atoms with Crippen LogP contribution in [-0.4, -0.2) is 23.7 Å². The molecule has 0 spiro atoms. The van der Waals surface area contributed by atoms with Crippen molar-refractivity contribution in [2.45, 2.75) is 25.3 Å². The summed E-state index contributed by atoms with van der Waals surface area (Å²) in [6, 6.07) is 0.652. The quantitative estimate of drug-likeness (QED) is 0.609. The molecule has 2 aliphatic rings. The Hall–Kier alpha value is -0.570. The lowest BCUT2D eigenvalue weighted by molar-refractivity contribution is -0.139. The fourth-order valence-electron chi connectivity index (χ4n) is 2.37. The van der Waals surface area contributed by atoms with Gasteiger partial charge in [-0.1, -0.05) is 0 Å². The summed E-state index contributed by atoms with van der Waals surface area (Å²) in [6.07, 6.45) is 2.64. The molecule has 3 heteroatoms. The van der Waals surface area contributed by atoms with Crippen LogP contribution in [0.5, 0.6) is 0 Å². The highest BCUT2D eigenvalue weighted by Crippen LogP contribution is 2.42. The van der Waals surface area contributed by atoms with Crippen LogP contribution >= 0.6 is 0 Å². The van der Waals surface area contributed by atoms with Crippen molar-refractivity contribution in [2.75, 3.05) is 6.54 Å². The van der Waals surface area contributed by atoms with Gasteiger partial charge in [0, 0.05) is 12.5 Å². The zero-order chi connectivity index (χ0) is 7.84. The van der Waals surface area contributed by atoms with E-state index in [-0.39, 0.29) is 0 Å². The lowest BCUT2D eigenvalue weighted by atomic mass is 9.68. The van der Waals surface area contributed by atoms with Crippen LogP contribution < -0.4 is 5.32 Å². The van der Waals surface area contributed by atoms with Gasteiger partial charge in [0.25, 0.3) is 0 Å². The number of nitrogens with one attached hydrogen (secondary N) is 1. The van der Waals surface area contributed by atoms with Crippen LogP contribution in [0.2, 0.25) is 0 Å². The average molecular weight is 155 g/mol. The summed E-state index contributed by atoms with van der Waals surface area (Å²) in [6.45, 7) is 1.09. The highest BCUT2D eigenvalue weighted by atomic mass is 16.4. The Morgan fingerprint density at radius 2 is 2.45 bits per heavy atom. The smallest absolute Gasteiger partial charge is 0.303 e. The lowest BCUT2D eigenvalue weighted by Gasteiger charge is -2.39. The van der Waals surface area contributed by atoms with Crippen molar-refractivity contribution < 1.29 is 9.90 Å². The SMILES string of the molecule is O=C(O)CC1CC2NCCC12. The van der Waals surface area contributed by atoms with Crippen molar-refractivity contribution >= 4 is 5.97 Å². The highest BCUT2D eigenvalue weighted by Gasteiger charge is 2.44. The van der Waals surface area contributed by atoms with Crippen molar-refractivity contribution in [3.8, 4) is 0 Å². The summed E-state index contributed by atoms with van der Waals surface area (Å²) in [5.41, 5.74) is 0. The van der Waals surface area contributed by atoms with Crippen LogP contribution in [0, 0.1) is 11.8 Å². The molecule has 3 atom stereocenters. The molecule has 11 heavy (non-hydrogen) atoms. The third-order valence-corrected chi connectivity index (χ3v) is 3.00. The van der Waals surface area contributed by atoms with Gasteiger partial charge in [0.1, 0.15) is 0 Å². The molecule has 1 saturated carbocycles. The fourth-order valence-corrected chi connectivity index (χ4v) is 2.37. The molecule has 2 rings (SSSR count). The Balaban J connectivity index is 1.85. The van der Waals surface area contributed by atoms with Gasteiger partial charge < -0.3 is 10.4 Å². The normalized spacial score (nSPS) is 41.3. The summed E-state index contributed by atoms with van der Waals surface area (Å²) >= 11 is 0. The molecule has 0 aromatic carbocycles. The number of hydrogen-bond donors (Lipinski definition) is 2. The molecule has 0 amide bonds. The first-order valence-corrected chi connectivity index (χ1v) is 4.22. The third-order valence-electron chi connectivity index (χ3n) is 3.00. The van der Waals surface area contributed by atoms with Gasteiger partial charge in [0.2, 0.25) is 0 Å². The molecule has 1 saturated heterocycles. The monoisotopic (exact) mass is 155 g/mol. The Morgan fingerprint density at radius 3 is 3.09 bits per heavy atom. The number of fused-ring (bicyclic) bond motifs is 1. The highest BCUT2D eigenvalue weighted by molar-refractivity contribution is 5.67. The molecule has 62 valence electrons. The topological polar surface area (TPSA) is 49.3 Å². The predicted octanol–water partition coefficient (Wildman–Crippen LogP) is 0.459. The van der Waals surface area contributed by atoms with Crippen LogP contribution in [-0.2, 0) is 4.79 Å². The second-order valence-electron chi connectivity index (χ2n) is 3.61. The summed E-state index contributed by atoms with van der Waals surface area (Å²) in [4.78, 5) is 10.4. The standard InChI is InChI=1S/C8H13NO2/c10-8(11)4-5-3-7-6(5)1-2-9-7/h5-7,9H,1-4H2,(H,10,11). The van der Waals surface area contributed by atoms with E-state index in [1.54, 1.807) is 0 Å². The van der Waals surface area contributed by atoms with Gasteiger partial charge in [-0.15, -0.1) is 0 Å². The Kier molecular flexibility index (Phi) is 1.60. The van der Waals surface area contributed by atoms with Gasteiger partial charge in [0.15, 0.2) is 0 Å². The predicted molar refractivity (Wildman–Crippen MR) is 40.3 cm³/mol. The average Bonchev–Trinajstić information content (AvgIpc) is 2.26. The van der Waals surface area contributed by atoms with E-state index in [2.05, 4.69) is 5.32 Å². The van der Waals surface area contributed by atoms with Gasteiger partial charge in [-0.2, -0.15) is 0 Å². The van der Waals surface area contributed by atoms with E-state index >= 15 is 0 Å². The molecule has 2 N–H and O–H groups in total. The lowest BCUT2D eigenvalue weighted by Crippen LogP contribution is -2.44. The minimum atomic E-state index is -0.639. The first-order valence-electron chi connectivity index (χ1n) is 4.22. The van der Waals surface area contributed by atoms with Crippen molar-refractivity contribution in [3.63, 3.8) is 0 Å². The molecule has 1 aliphatic heterocycles. The number of carboxylic acid groups (broad SMARTS) is 1. The van der Waals surface area contributed by atoms with Gasteiger partial charge in [-0.05, 0) is 31.2 Å². The molecule has 0 aromatic heterocycles. The van der Waals surface area contributed by atoms with Gasteiger partial charge >= 0.3 is 5.97 Å². The van der Waals surface area contributed by atoms with E-state index in [0.29, 0.717) is 24.3 Å². The number of carboxylic acids is 1. The number of carbonyl (C=O) groups is 1. The van der Waals surface area contributed by atoms with Gasteiger partial charge in [0.05, 0.1) is 0 Å². The molecule has 0 radical (unpaired) electrons. The Morgan fingerprint density at radius 1 is 1.64 bits per heavy atom. The molecule has 3 unspecified atom stereocenters. The van der Waals surface area contributed by atoms with Crippen molar-refractivity contribution in [1.82, 2.24) is 5.32 Å². The first-order chi connectivity index (χ1) is 5.27. The van der Waals surface area contributed by atoms with Gasteiger partial charge in [-0.3, -0.25) is 4.79 Å². The maximum Gasteiger partial charge on any atom is 0.303 e. The summed E-state index contributed by atoms with van der Waals surface area (Å²) in [5.74, 6) is 0.499. The van der Waals surface area contributed by atoms with Crippen LogP contribution in [0.1, 0.15) is 19.3 Å². The molecule has 3 nitrogen and oxygen atoms in total. The second-order valence-corrected chi connectivity index (χ2v) is 3.61. The van der Waals surface area contributed by atoms with Crippen molar-refractivity contribution in [2.24, 2.45) is 11.8 Å². The first kappa shape index (κ1) is 7.10. The maximum atomic E-state index is 10.4. The van der Waals surface area contributed by atoms with Crippen LogP contribution in [0.4, 0.5) is 0 Å². The summed E-state index contributed by atoms with van der Waals surface area (Å²) in [5, 5.41) is 11.9. The van der Waals surface area contributed by atoms with Gasteiger partial charge in [-0.25, -0.2) is 0 Å².